The van der Waals surface area contributed by atoms with E-state index in [1.807, 2.05) is 24.0 Å². The van der Waals surface area contributed by atoms with E-state index in [0.717, 1.165) is 30.9 Å². The van der Waals surface area contributed by atoms with Crippen molar-refractivity contribution in [2.45, 2.75) is 32.7 Å². The van der Waals surface area contributed by atoms with Crippen LogP contribution in [0.4, 0.5) is 17.2 Å². The molecule has 1 aromatic carbocycles. The molecule has 1 aromatic heterocycles. The normalized spacial score (nSPS) is 15.0. The first-order chi connectivity index (χ1) is 12.6. The van der Waals surface area contributed by atoms with Crippen LogP contribution in [-0.4, -0.2) is 39.5 Å². The molecule has 2 aromatic rings. The number of phenolic OH excluding ortho intramolecular Hbond substituents is 1. The van der Waals surface area contributed by atoms with Crippen molar-refractivity contribution in [2.75, 3.05) is 24.5 Å². The minimum absolute atomic E-state index is 0.0266. The number of nitrogens with zero attached hydrogens (tertiary/aromatic N) is 4. The Bertz CT molecular complexity index is 758. The maximum atomic E-state index is 10.8. The van der Waals surface area contributed by atoms with Crippen molar-refractivity contribution in [2.24, 2.45) is 0 Å². The molecule has 1 fully saturated rings. The first-order valence-electron chi connectivity index (χ1n) is 9.00. The van der Waals surface area contributed by atoms with Gasteiger partial charge in [0.15, 0.2) is 0 Å². The molecule has 1 saturated heterocycles. The van der Waals surface area contributed by atoms with Crippen LogP contribution in [0.1, 0.15) is 31.7 Å². The molecule has 0 unspecified atom stereocenters. The summed E-state index contributed by atoms with van der Waals surface area (Å²) in [5, 5.41) is 21.1. The molecular weight excluding hydrogens is 332 g/mol. The highest BCUT2D eigenvalue weighted by Crippen LogP contribution is 2.30. The standard InChI is InChI=1S/C19H24N4O3/c1-2-22(19-9-7-17(13-20-19)23(25)26)16-6-8-18(24)15(12-16)14-21-10-4-3-5-11-21/h6-9,12-13,24H,2-5,10-11,14H2,1H3. The van der Waals surface area contributed by atoms with Crippen LogP contribution in [0.5, 0.6) is 5.75 Å². The number of likely N-dealkylation sites (tertiary alicyclic amines) is 1. The van der Waals surface area contributed by atoms with Gasteiger partial charge in [0, 0.05) is 30.4 Å². The molecule has 2 heterocycles. The van der Waals surface area contributed by atoms with Gasteiger partial charge in [0.2, 0.25) is 0 Å². The molecule has 7 heteroatoms. The second-order valence-corrected chi connectivity index (χ2v) is 6.53. The van der Waals surface area contributed by atoms with Crippen molar-refractivity contribution in [1.82, 2.24) is 9.88 Å². The van der Waals surface area contributed by atoms with Crippen LogP contribution in [0.3, 0.4) is 0 Å². The first kappa shape index (κ1) is 18.1. The highest BCUT2D eigenvalue weighted by molar-refractivity contribution is 5.63. The highest BCUT2D eigenvalue weighted by atomic mass is 16.6. The van der Waals surface area contributed by atoms with Gasteiger partial charge in [0.25, 0.3) is 5.69 Å². The SMILES string of the molecule is CCN(c1ccc(O)c(CN2CCCCC2)c1)c1ccc([N+](=O)[O-])cn1. The molecule has 0 spiro atoms. The van der Waals surface area contributed by atoms with E-state index in [2.05, 4.69) is 9.88 Å². The molecule has 0 radical (unpaired) electrons. The summed E-state index contributed by atoms with van der Waals surface area (Å²) < 4.78 is 0. The van der Waals surface area contributed by atoms with Crippen LogP contribution in [0, 0.1) is 10.1 Å². The number of piperidine rings is 1. The Hall–Kier alpha value is -2.67. The summed E-state index contributed by atoms with van der Waals surface area (Å²) in [5.41, 5.74) is 1.78. The maximum Gasteiger partial charge on any atom is 0.287 e. The molecule has 7 nitrogen and oxygen atoms in total. The molecule has 0 aliphatic carbocycles. The predicted molar refractivity (Wildman–Crippen MR) is 101 cm³/mol. The third-order valence-electron chi connectivity index (χ3n) is 4.75. The number of aromatic hydroxyl groups is 1. The second-order valence-electron chi connectivity index (χ2n) is 6.53. The van der Waals surface area contributed by atoms with Gasteiger partial charge >= 0.3 is 0 Å². The average Bonchev–Trinajstić information content (AvgIpc) is 2.66. The zero-order valence-electron chi connectivity index (χ0n) is 15.0. The van der Waals surface area contributed by atoms with Crippen molar-refractivity contribution in [3.63, 3.8) is 0 Å². The lowest BCUT2D eigenvalue weighted by molar-refractivity contribution is -0.385. The minimum atomic E-state index is -0.454. The van der Waals surface area contributed by atoms with Gasteiger partial charge < -0.3 is 10.0 Å². The Morgan fingerprint density at radius 2 is 2.00 bits per heavy atom. The third kappa shape index (κ3) is 4.11. The molecule has 1 aliphatic rings. The lowest BCUT2D eigenvalue weighted by Crippen LogP contribution is -2.29. The fraction of sp³-hybridized carbons (Fsp3) is 0.421. The molecule has 138 valence electrons. The molecule has 0 bridgehead atoms. The Kier molecular flexibility index (Phi) is 5.68. The number of anilines is 2. The van der Waals surface area contributed by atoms with E-state index in [9.17, 15) is 15.2 Å². The summed E-state index contributed by atoms with van der Waals surface area (Å²) >= 11 is 0. The third-order valence-corrected chi connectivity index (χ3v) is 4.75. The lowest BCUT2D eigenvalue weighted by Gasteiger charge is -2.28. The monoisotopic (exact) mass is 356 g/mol. The molecular formula is C19H24N4O3. The fourth-order valence-corrected chi connectivity index (χ4v) is 3.35. The number of pyridine rings is 1. The van der Waals surface area contributed by atoms with Crippen LogP contribution in [0.15, 0.2) is 36.5 Å². The summed E-state index contributed by atoms with van der Waals surface area (Å²) in [7, 11) is 0. The molecule has 0 atom stereocenters. The second kappa shape index (κ2) is 8.14. The number of benzene rings is 1. The Labute approximate surface area is 153 Å². The molecule has 3 rings (SSSR count). The molecule has 26 heavy (non-hydrogen) atoms. The Morgan fingerprint density at radius 1 is 1.23 bits per heavy atom. The summed E-state index contributed by atoms with van der Waals surface area (Å²) in [5.74, 6) is 0.944. The zero-order valence-corrected chi connectivity index (χ0v) is 15.0. The van der Waals surface area contributed by atoms with Gasteiger partial charge in [-0.05, 0) is 57.1 Å². The minimum Gasteiger partial charge on any atom is -0.508 e. The number of aromatic nitrogens is 1. The van der Waals surface area contributed by atoms with Crippen molar-refractivity contribution >= 4 is 17.2 Å². The van der Waals surface area contributed by atoms with Crippen LogP contribution in [0.25, 0.3) is 0 Å². The highest BCUT2D eigenvalue weighted by Gasteiger charge is 2.16. The summed E-state index contributed by atoms with van der Waals surface area (Å²) in [6.07, 6.45) is 4.95. The topological polar surface area (TPSA) is 82.7 Å². The zero-order chi connectivity index (χ0) is 18.5. The van der Waals surface area contributed by atoms with Gasteiger partial charge in [0.1, 0.15) is 17.8 Å². The van der Waals surface area contributed by atoms with E-state index in [1.165, 1.54) is 31.5 Å². The number of hydrogen-bond acceptors (Lipinski definition) is 6. The van der Waals surface area contributed by atoms with Gasteiger partial charge in [-0.1, -0.05) is 6.42 Å². The summed E-state index contributed by atoms with van der Waals surface area (Å²) in [6.45, 7) is 5.51. The van der Waals surface area contributed by atoms with Crippen molar-refractivity contribution in [3.05, 3.63) is 52.2 Å². The molecule has 0 amide bonds. The first-order valence-corrected chi connectivity index (χ1v) is 9.00. The Balaban J connectivity index is 1.83. The quantitative estimate of drug-likeness (QED) is 0.625. The molecule has 0 saturated carbocycles. The summed E-state index contributed by atoms with van der Waals surface area (Å²) in [6, 6.07) is 8.65. The number of phenols is 1. The van der Waals surface area contributed by atoms with Gasteiger partial charge in [-0.25, -0.2) is 4.98 Å². The molecule has 1 aliphatic heterocycles. The van der Waals surface area contributed by atoms with Gasteiger partial charge in [-0.15, -0.1) is 0 Å². The largest absolute Gasteiger partial charge is 0.508 e. The van der Waals surface area contributed by atoms with E-state index in [-0.39, 0.29) is 5.69 Å². The summed E-state index contributed by atoms with van der Waals surface area (Å²) in [4.78, 5) is 18.9. The van der Waals surface area contributed by atoms with Crippen molar-refractivity contribution in [3.8, 4) is 5.75 Å². The Morgan fingerprint density at radius 3 is 2.62 bits per heavy atom. The smallest absolute Gasteiger partial charge is 0.287 e. The van der Waals surface area contributed by atoms with Crippen LogP contribution < -0.4 is 4.90 Å². The lowest BCUT2D eigenvalue weighted by atomic mass is 10.1. The van der Waals surface area contributed by atoms with E-state index in [1.54, 1.807) is 12.1 Å². The fourth-order valence-electron chi connectivity index (χ4n) is 3.35. The average molecular weight is 356 g/mol. The van der Waals surface area contributed by atoms with Gasteiger partial charge in [-0.3, -0.25) is 15.0 Å². The van der Waals surface area contributed by atoms with E-state index in [0.29, 0.717) is 18.1 Å². The van der Waals surface area contributed by atoms with Crippen LogP contribution >= 0.6 is 0 Å². The van der Waals surface area contributed by atoms with E-state index in [4.69, 9.17) is 0 Å². The van der Waals surface area contributed by atoms with Crippen LogP contribution in [0.2, 0.25) is 0 Å². The van der Waals surface area contributed by atoms with E-state index < -0.39 is 4.92 Å². The maximum absolute atomic E-state index is 10.8. The van der Waals surface area contributed by atoms with Crippen molar-refractivity contribution in [1.29, 1.82) is 0 Å². The number of nitro groups is 1. The van der Waals surface area contributed by atoms with Crippen molar-refractivity contribution < 1.29 is 10.0 Å². The van der Waals surface area contributed by atoms with Gasteiger partial charge in [-0.2, -0.15) is 0 Å². The van der Waals surface area contributed by atoms with E-state index >= 15 is 0 Å². The number of hydrogen-bond donors (Lipinski definition) is 1. The predicted octanol–water partition coefficient (Wildman–Crippen LogP) is 3.84. The molecule has 1 N–H and O–H groups in total. The van der Waals surface area contributed by atoms with Gasteiger partial charge in [0.05, 0.1) is 4.92 Å². The van der Waals surface area contributed by atoms with Crippen LogP contribution in [-0.2, 0) is 6.54 Å². The number of rotatable bonds is 6.